The Balaban J connectivity index is 0. The maximum atomic E-state index is 9.91. The summed E-state index contributed by atoms with van der Waals surface area (Å²) in [6.45, 7) is 0. The van der Waals surface area contributed by atoms with E-state index in [9.17, 15) is 9.05 Å². The van der Waals surface area contributed by atoms with Gasteiger partial charge in [-0.25, -0.2) is 0 Å². The van der Waals surface area contributed by atoms with Crippen molar-refractivity contribution in [2.24, 2.45) is 0 Å². The molecule has 0 aliphatic carbocycles. The van der Waals surface area contributed by atoms with Crippen molar-refractivity contribution >= 4 is 0 Å². The van der Waals surface area contributed by atoms with Crippen LogP contribution in [0, 0.1) is 0 Å². The second kappa shape index (κ2) is 9.04. The Labute approximate surface area is 45.5 Å². The minimum Gasteiger partial charge on any atom is -0.0124 e. The van der Waals surface area contributed by atoms with E-state index in [0.717, 1.165) is 0 Å². The summed E-state index contributed by atoms with van der Waals surface area (Å²) in [6, 6.07) is 0. The summed E-state index contributed by atoms with van der Waals surface area (Å²) in [5.41, 5.74) is 0. The van der Waals surface area contributed by atoms with Gasteiger partial charge in [-0.1, -0.05) is 0 Å². The van der Waals surface area contributed by atoms with Gasteiger partial charge < -0.3 is 0 Å². The molecule has 0 aromatic heterocycles. The van der Waals surface area contributed by atoms with Crippen LogP contribution in [0.5, 0.6) is 0 Å². The summed E-state index contributed by atoms with van der Waals surface area (Å²) in [5, 5.41) is 6.69. The SMILES string of the molecule is FOOOF.[Re]. The van der Waals surface area contributed by atoms with E-state index in [1.54, 1.807) is 0 Å². The van der Waals surface area contributed by atoms with Crippen molar-refractivity contribution in [3.63, 3.8) is 0 Å². The molecule has 0 heterocycles. The number of halogens is 2. The quantitative estimate of drug-likeness (QED) is 0.545. The van der Waals surface area contributed by atoms with E-state index in [1.165, 1.54) is 0 Å². The third kappa shape index (κ3) is 8.83. The van der Waals surface area contributed by atoms with Gasteiger partial charge in [-0.3, -0.25) is 0 Å². The number of rotatable bonds is 2. The summed E-state index contributed by atoms with van der Waals surface area (Å²) < 4.78 is 19.8. The fourth-order valence-electron chi connectivity index (χ4n) is 0.00972. The minimum absolute atomic E-state index is 0. The zero-order valence-electron chi connectivity index (χ0n) is 2.36. The Morgan fingerprint density at radius 3 is 1.33 bits per heavy atom. The summed E-state index contributed by atoms with van der Waals surface area (Å²) in [5.74, 6) is 0. The van der Waals surface area contributed by atoms with Crippen LogP contribution in [0.25, 0.3) is 0 Å². The van der Waals surface area contributed by atoms with E-state index in [4.69, 9.17) is 0 Å². The van der Waals surface area contributed by atoms with Crippen LogP contribution in [0.15, 0.2) is 0 Å². The van der Waals surface area contributed by atoms with Crippen molar-refractivity contribution in [2.75, 3.05) is 0 Å². The molecule has 0 bridgehead atoms. The van der Waals surface area contributed by atoms with Crippen molar-refractivity contribution < 1.29 is 44.7 Å². The molecule has 3 nitrogen and oxygen atoms in total. The zero-order valence-corrected chi connectivity index (χ0v) is 5.07. The molecule has 0 aliphatic rings. The van der Waals surface area contributed by atoms with Gasteiger partial charge in [-0.2, -0.15) is 0 Å². The van der Waals surface area contributed by atoms with Crippen LogP contribution in [-0.2, 0) is 35.6 Å². The van der Waals surface area contributed by atoms with Crippen LogP contribution in [0.1, 0.15) is 0 Å². The average Bonchev–Trinajstić information content (AvgIpc) is 1.41. The van der Waals surface area contributed by atoms with Gasteiger partial charge in [0, 0.05) is 35.6 Å². The standard InChI is InChI=1S/F2O3.Re/c1-3-5-4-2;. The second-order valence-corrected chi connectivity index (χ2v) is 0.194. The molecule has 0 saturated carbocycles. The molecule has 0 N–H and O–H groups in total. The van der Waals surface area contributed by atoms with E-state index < -0.39 is 0 Å². The predicted molar refractivity (Wildman–Crippen MR) is 5.47 cm³/mol. The molecule has 0 rings (SSSR count). The summed E-state index contributed by atoms with van der Waals surface area (Å²) >= 11 is 0. The van der Waals surface area contributed by atoms with Crippen LogP contribution in [0.4, 0.5) is 9.05 Å². The van der Waals surface area contributed by atoms with Gasteiger partial charge in [0.2, 0.25) is 0 Å². The van der Waals surface area contributed by atoms with E-state index in [-0.39, 0.29) is 20.4 Å². The zero-order chi connectivity index (χ0) is 4.12. The van der Waals surface area contributed by atoms with E-state index in [0.29, 0.717) is 0 Å². The monoisotopic (exact) mass is 273 g/mol. The molecule has 0 fully saturated rings. The van der Waals surface area contributed by atoms with E-state index >= 15 is 0 Å². The molecule has 1 radical (unpaired) electrons. The van der Waals surface area contributed by atoms with Crippen molar-refractivity contribution in [1.82, 2.24) is 0 Å². The van der Waals surface area contributed by atoms with Gasteiger partial charge in [-0.05, 0) is 9.05 Å². The molecular weight excluding hydrogens is 272 g/mol. The topological polar surface area (TPSA) is 27.7 Å². The fraction of sp³-hybridized carbons (Fsp3) is 0. The van der Waals surface area contributed by atoms with Gasteiger partial charge in [-0.15, -0.1) is 0 Å². The maximum absolute atomic E-state index is 9.91. The Bertz CT molecular complexity index is 16.3. The molecular formula is F2O3Re. The Morgan fingerprint density at radius 1 is 1.00 bits per heavy atom. The molecule has 0 aromatic carbocycles. The molecule has 0 aliphatic heterocycles. The predicted octanol–water partition coefficient (Wildman–Crippen LogP) is 0.633. The van der Waals surface area contributed by atoms with Crippen molar-refractivity contribution in [2.45, 2.75) is 0 Å². The minimum atomic E-state index is 0. The van der Waals surface area contributed by atoms with Crippen LogP contribution < -0.4 is 0 Å². The molecule has 0 amide bonds. The molecule has 0 unspecified atom stereocenters. The van der Waals surface area contributed by atoms with Crippen LogP contribution in [0.2, 0.25) is 0 Å². The van der Waals surface area contributed by atoms with Crippen molar-refractivity contribution in [3.8, 4) is 0 Å². The molecule has 0 atom stereocenters. The van der Waals surface area contributed by atoms with Gasteiger partial charge in [0.1, 0.15) is 0 Å². The van der Waals surface area contributed by atoms with Gasteiger partial charge >= 0.3 is 0 Å². The Hall–Kier alpha value is 0.402. The van der Waals surface area contributed by atoms with Crippen LogP contribution in [0.3, 0.4) is 0 Å². The van der Waals surface area contributed by atoms with E-state index in [2.05, 4.69) is 15.2 Å². The third-order valence-electron chi connectivity index (χ3n) is 0.0514. The van der Waals surface area contributed by atoms with Crippen molar-refractivity contribution in [3.05, 3.63) is 0 Å². The number of hydrogen-bond acceptors (Lipinski definition) is 3. The third-order valence-corrected chi connectivity index (χ3v) is 0.0514. The average molecular weight is 272 g/mol. The summed E-state index contributed by atoms with van der Waals surface area (Å²) in [6.07, 6.45) is 0. The fourth-order valence-corrected chi connectivity index (χ4v) is 0.00972. The smallest absolute Gasteiger partial charge is 0.0106 e. The Kier molecular flexibility index (Phi) is 14.5. The molecule has 39 valence electrons. The van der Waals surface area contributed by atoms with Crippen molar-refractivity contribution in [1.29, 1.82) is 0 Å². The molecule has 6 heavy (non-hydrogen) atoms. The van der Waals surface area contributed by atoms with Crippen LogP contribution in [-0.4, -0.2) is 0 Å². The maximum Gasteiger partial charge on any atom is 0.0106 e. The second-order valence-electron chi connectivity index (χ2n) is 0.194. The normalized spacial score (nSPS) is 7.00. The molecule has 0 aromatic rings. The van der Waals surface area contributed by atoms with Crippen LogP contribution >= 0.6 is 0 Å². The Morgan fingerprint density at radius 2 is 1.33 bits per heavy atom. The van der Waals surface area contributed by atoms with Gasteiger partial charge in [0.05, 0.1) is 0 Å². The van der Waals surface area contributed by atoms with Gasteiger partial charge in [0.25, 0.3) is 0 Å². The number of hydrogen-bond donors (Lipinski definition) is 0. The summed E-state index contributed by atoms with van der Waals surface area (Å²) in [7, 11) is 0. The molecule has 0 saturated heterocycles. The first-order valence-corrected chi connectivity index (χ1v) is 0.642. The largest absolute Gasteiger partial charge is 0.0124 e. The molecule has 0 spiro atoms. The summed E-state index contributed by atoms with van der Waals surface area (Å²) in [4.78, 5) is 0. The first-order valence-electron chi connectivity index (χ1n) is 0.642. The van der Waals surface area contributed by atoms with E-state index in [1.807, 2.05) is 0 Å². The first kappa shape index (κ1) is 9.64. The molecule has 6 heteroatoms. The first-order chi connectivity index (χ1) is 2.41. The van der Waals surface area contributed by atoms with Gasteiger partial charge in [0.15, 0.2) is 0 Å².